The number of halogens is 1. The van der Waals surface area contributed by atoms with Gasteiger partial charge in [0.05, 0.1) is 0 Å². The van der Waals surface area contributed by atoms with Crippen LogP contribution in [0.3, 0.4) is 0 Å². The summed E-state index contributed by atoms with van der Waals surface area (Å²) in [5.41, 5.74) is 1.03. The Morgan fingerprint density at radius 2 is 2.17 bits per heavy atom. The molecule has 0 spiro atoms. The molecule has 1 heterocycles. The third-order valence-corrected chi connectivity index (χ3v) is 3.07. The Hall–Kier alpha value is -1.59. The zero-order valence-electron chi connectivity index (χ0n) is 9.54. The average molecular weight is 310 g/mol. The van der Waals surface area contributed by atoms with Gasteiger partial charge in [0.2, 0.25) is 0 Å². The van der Waals surface area contributed by atoms with E-state index in [4.69, 9.17) is 9.26 Å². The minimum Gasteiger partial charge on any atom is -0.470 e. The average Bonchev–Trinajstić information content (AvgIpc) is 2.78. The lowest BCUT2D eigenvalue weighted by atomic mass is 10.2. The molecule has 0 aliphatic rings. The maximum Gasteiger partial charge on any atom is 0.269 e. The molecule has 1 aromatic carbocycles. The van der Waals surface area contributed by atoms with Gasteiger partial charge >= 0.3 is 0 Å². The first-order valence-electron chi connectivity index (χ1n) is 5.34. The Labute approximate surface area is 113 Å². The number of rotatable bonds is 5. The molecule has 5 heteroatoms. The van der Waals surface area contributed by atoms with Gasteiger partial charge in [-0.15, -0.1) is 6.58 Å². The summed E-state index contributed by atoms with van der Waals surface area (Å²) in [4.78, 5) is 0. The van der Waals surface area contributed by atoms with Gasteiger partial charge in [0.15, 0.2) is 5.76 Å². The van der Waals surface area contributed by atoms with Crippen LogP contribution in [0.15, 0.2) is 52.0 Å². The first-order valence-corrected chi connectivity index (χ1v) is 6.14. The predicted octanol–water partition coefficient (Wildman–Crippen LogP) is 3.24. The molecule has 0 amide bonds. The Morgan fingerprint density at radius 1 is 1.44 bits per heavy atom. The second-order valence-corrected chi connectivity index (χ2v) is 4.41. The zero-order valence-corrected chi connectivity index (χ0v) is 11.1. The van der Waals surface area contributed by atoms with Crippen molar-refractivity contribution in [1.29, 1.82) is 0 Å². The normalized spacial score (nSPS) is 12.1. The topological polar surface area (TPSA) is 55.5 Å². The number of aliphatic hydroxyl groups excluding tert-OH is 1. The van der Waals surface area contributed by atoms with Gasteiger partial charge in [0.25, 0.3) is 5.88 Å². The van der Waals surface area contributed by atoms with Crippen LogP contribution in [0.2, 0.25) is 0 Å². The molecule has 4 nitrogen and oxygen atoms in total. The van der Waals surface area contributed by atoms with Gasteiger partial charge < -0.3 is 14.4 Å². The summed E-state index contributed by atoms with van der Waals surface area (Å²) in [6.07, 6.45) is 0.452. The van der Waals surface area contributed by atoms with Crippen molar-refractivity contribution in [2.24, 2.45) is 0 Å². The summed E-state index contributed by atoms with van der Waals surface area (Å²) in [5.74, 6) is 0.600. The van der Waals surface area contributed by atoms with Crippen molar-refractivity contribution >= 4 is 15.9 Å². The molecule has 1 atom stereocenters. The molecule has 0 saturated carbocycles. The van der Waals surface area contributed by atoms with Crippen molar-refractivity contribution in [2.75, 3.05) is 0 Å². The predicted molar refractivity (Wildman–Crippen MR) is 70.1 cm³/mol. The summed E-state index contributed by atoms with van der Waals surface area (Å²) in [7, 11) is 0. The summed E-state index contributed by atoms with van der Waals surface area (Å²) in [6, 6.07) is 9.71. The van der Waals surface area contributed by atoms with E-state index in [-0.39, 0.29) is 5.76 Å². The number of aromatic nitrogens is 1. The number of ether oxygens (including phenoxy) is 1. The smallest absolute Gasteiger partial charge is 0.269 e. The Balaban J connectivity index is 2.07. The van der Waals surface area contributed by atoms with Crippen molar-refractivity contribution < 1.29 is 14.4 Å². The second-order valence-electron chi connectivity index (χ2n) is 3.62. The van der Waals surface area contributed by atoms with Crippen molar-refractivity contribution in [3.63, 3.8) is 0 Å². The van der Waals surface area contributed by atoms with E-state index in [1.165, 1.54) is 6.08 Å². The number of aliphatic hydroxyl groups is 1. The highest BCUT2D eigenvalue weighted by Crippen LogP contribution is 2.32. The molecule has 2 rings (SSSR count). The molecule has 94 valence electrons. The van der Waals surface area contributed by atoms with Crippen LogP contribution >= 0.6 is 15.9 Å². The van der Waals surface area contributed by atoms with Gasteiger partial charge in [-0.25, -0.2) is 0 Å². The molecule has 1 N–H and O–H groups in total. The molecule has 0 radical (unpaired) electrons. The minimum absolute atomic E-state index is 0.285. The number of benzene rings is 1. The minimum atomic E-state index is -0.902. The van der Waals surface area contributed by atoms with Gasteiger partial charge in [-0.1, -0.05) is 36.4 Å². The van der Waals surface area contributed by atoms with Crippen molar-refractivity contribution in [3.8, 4) is 5.88 Å². The maximum atomic E-state index is 9.57. The number of hydrogen-bond acceptors (Lipinski definition) is 4. The third kappa shape index (κ3) is 2.80. The van der Waals surface area contributed by atoms with Crippen LogP contribution in [-0.4, -0.2) is 10.3 Å². The monoisotopic (exact) mass is 309 g/mol. The highest BCUT2D eigenvalue weighted by molar-refractivity contribution is 9.10. The first-order chi connectivity index (χ1) is 8.72. The van der Waals surface area contributed by atoms with E-state index >= 15 is 0 Å². The van der Waals surface area contributed by atoms with Crippen molar-refractivity contribution in [3.05, 3.63) is 58.8 Å². The summed E-state index contributed by atoms with van der Waals surface area (Å²) >= 11 is 3.28. The highest BCUT2D eigenvalue weighted by Gasteiger charge is 2.19. The highest BCUT2D eigenvalue weighted by atomic mass is 79.9. The lowest BCUT2D eigenvalue weighted by Gasteiger charge is -2.03. The van der Waals surface area contributed by atoms with Gasteiger partial charge in [0.1, 0.15) is 17.2 Å². The van der Waals surface area contributed by atoms with Gasteiger partial charge in [-0.2, -0.15) is 0 Å². The fourth-order valence-electron chi connectivity index (χ4n) is 1.38. The molecular formula is C13H12BrNO3. The Morgan fingerprint density at radius 3 is 2.83 bits per heavy atom. The second kappa shape index (κ2) is 5.84. The third-order valence-electron chi connectivity index (χ3n) is 2.34. The lowest BCUT2D eigenvalue weighted by molar-refractivity contribution is 0.180. The maximum absolute atomic E-state index is 9.57. The van der Waals surface area contributed by atoms with Crippen LogP contribution in [0, 0.1) is 0 Å². The summed E-state index contributed by atoms with van der Waals surface area (Å²) in [6.45, 7) is 3.87. The fraction of sp³-hybridized carbons (Fsp3) is 0.154. The molecule has 0 bridgehead atoms. The SMILES string of the molecule is C=C[C@@H](O)c1onc(OCc2ccccc2)c1Br. The van der Waals surface area contributed by atoms with Crippen LogP contribution in [-0.2, 0) is 6.61 Å². The standard InChI is InChI=1S/C13H12BrNO3/c1-2-10(16)12-11(14)13(15-18-12)17-8-9-6-4-3-5-7-9/h2-7,10,16H,1,8H2/t10-/m1/s1. The van der Waals surface area contributed by atoms with Crippen LogP contribution in [0.1, 0.15) is 17.4 Å². The molecule has 0 saturated heterocycles. The molecule has 2 aromatic rings. The van der Waals surface area contributed by atoms with E-state index in [0.717, 1.165) is 5.56 Å². The Kier molecular flexibility index (Phi) is 4.17. The summed E-state index contributed by atoms with van der Waals surface area (Å²) < 4.78 is 11.0. The molecule has 0 fully saturated rings. The van der Waals surface area contributed by atoms with Crippen molar-refractivity contribution in [2.45, 2.75) is 12.7 Å². The van der Waals surface area contributed by atoms with Crippen LogP contribution in [0.4, 0.5) is 0 Å². The molecule has 1 aromatic heterocycles. The molecule has 0 aliphatic heterocycles. The van der Waals surface area contributed by atoms with Gasteiger partial charge in [0, 0.05) is 0 Å². The molecule has 18 heavy (non-hydrogen) atoms. The number of hydrogen-bond donors (Lipinski definition) is 1. The lowest BCUT2D eigenvalue weighted by Crippen LogP contribution is -1.96. The first kappa shape index (κ1) is 12.9. The largest absolute Gasteiger partial charge is 0.470 e. The molecular weight excluding hydrogens is 298 g/mol. The van der Waals surface area contributed by atoms with E-state index in [2.05, 4.69) is 27.7 Å². The van der Waals surface area contributed by atoms with E-state index in [1.807, 2.05) is 30.3 Å². The van der Waals surface area contributed by atoms with Gasteiger partial charge in [-0.3, -0.25) is 0 Å². The van der Waals surface area contributed by atoms with E-state index in [0.29, 0.717) is 17.0 Å². The van der Waals surface area contributed by atoms with E-state index in [9.17, 15) is 5.11 Å². The quantitative estimate of drug-likeness (QED) is 0.862. The van der Waals surface area contributed by atoms with E-state index < -0.39 is 6.10 Å². The van der Waals surface area contributed by atoms with E-state index in [1.54, 1.807) is 0 Å². The Bertz CT molecular complexity index is 524. The van der Waals surface area contributed by atoms with Crippen LogP contribution < -0.4 is 4.74 Å². The van der Waals surface area contributed by atoms with Crippen LogP contribution in [0.25, 0.3) is 0 Å². The van der Waals surface area contributed by atoms with Crippen LogP contribution in [0.5, 0.6) is 5.88 Å². The number of nitrogens with zero attached hydrogens (tertiary/aromatic N) is 1. The fourth-order valence-corrected chi connectivity index (χ4v) is 1.88. The zero-order chi connectivity index (χ0) is 13.0. The molecule has 0 unspecified atom stereocenters. The van der Waals surface area contributed by atoms with Crippen molar-refractivity contribution in [1.82, 2.24) is 5.16 Å². The summed E-state index contributed by atoms with van der Waals surface area (Å²) in [5, 5.41) is 13.3. The van der Waals surface area contributed by atoms with Gasteiger partial charge in [-0.05, 0) is 26.7 Å². The molecule has 0 aliphatic carbocycles.